The Bertz CT molecular complexity index is 1230. The Morgan fingerprint density at radius 2 is 1.71 bits per heavy atom. The molecule has 0 saturated carbocycles. The van der Waals surface area contributed by atoms with Crippen LogP contribution in [0.5, 0.6) is 0 Å². The molecule has 162 valence electrons. The summed E-state index contributed by atoms with van der Waals surface area (Å²) in [6.45, 7) is 5.17. The smallest absolute Gasteiger partial charge is 0.336 e. The SMILES string of the molecule is Cc1ccc(S(=O)(=O)Nc2ccc3nc(N4CCN(C)CC4)cc(C(=O)O)c3c2)cc1. The number of benzene rings is 2. The van der Waals surface area contributed by atoms with Crippen LogP contribution in [0.4, 0.5) is 11.5 Å². The number of carboxylic acid groups (broad SMARTS) is 1. The quantitative estimate of drug-likeness (QED) is 0.629. The van der Waals surface area contributed by atoms with Crippen molar-refractivity contribution in [1.82, 2.24) is 9.88 Å². The number of aryl methyl sites for hydroxylation is 1. The lowest BCUT2D eigenvalue weighted by atomic mass is 10.1. The van der Waals surface area contributed by atoms with Gasteiger partial charge in [0, 0.05) is 37.3 Å². The van der Waals surface area contributed by atoms with Crippen molar-refractivity contribution in [3.63, 3.8) is 0 Å². The average molecular weight is 441 g/mol. The topological polar surface area (TPSA) is 103 Å². The lowest BCUT2D eigenvalue weighted by molar-refractivity contribution is 0.0699. The van der Waals surface area contributed by atoms with Crippen LogP contribution in [0, 0.1) is 6.92 Å². The first-order chi connectivity index (χ1) is 14.7. The number of hydrogen-bond acceptors (Lipinski definition) is 6. The molecule has 2 N–H and O–H groups in total. The first-order valence-electron chi connectivity index (χ1n) is 9.94. The van der Waals surface area contributed by atoms with Crippen LogP contribution in [0.25, 0.3) is 10.9 Å². The van der Waals surface area contributed by atoms with E-state index >= 15 is 0 Å². The number of aromatic nitrogens is 1. The molecule has 1 aromatic heterocycles. The van der Waals surface area contributed by atoms with Crippen LogP contribution in [0.1, 0.15) is 15.9 Å². The van der Waals surface area contributed by atoms with Gasteiger partial charge in [-0.05, 0) is 50.4 Å². The van der Waals surface area contributed by atoms with E-state index in [1.54, 1.807) is 30.3 Å². The largest absolute Gasteiger partial charge is 0.478 e. The van der Waals surface area contributed by atoms with Crippen LogP contribution in [0.15, 0.2) is 53.4 Å². The second-order valence-corrected chi connectivity index (χ2v) is 9.46. The number of rotatable bonds is 5. The number of sulfonamides is 1. The number of pyridine rings is 1. The van der Waals surface area contributed by atoms with Crippen molar-refractivity contribution in [2.75, 3.05) is 42.8 Å². The van der Waals surface area contributed by atoms with Gasteiger partial charge in [0.05, 0.1) is 16.0 Å². The molecule has 0 unspecified atom stereocenters. The molecule has 8 nitrogen and oxygen atoms in total. The van der Waals surface area contributed by atoms with E-state index in [1.165, 1.54) is 18.2 Å². The molecule has 1 aliphatic heterocycles. The van der Waals surface area contributed by atoms with Gasteiger partial charge in [-0.3, -0.25) is 4.72 Å². The van der Waals surface area contributed by atoms with Gasteiger partial charge in [-0.2, -0.15) is 0 Å². The lowest BCUT2D eigenvalue weighted by Gasteiger charge is -2.33. The van der Waals surface area contributed by atoms with E-state index in [-0.39, 0.29) is 16.1 Å². The molecular weight excluding hydrogens is 416 g/mol. The van der Waals surface area contributed by atoms with E-state index in [0.717, 1.165) is 31.7 Å². The highest BCUT2D eigenvalue weighted by Crippen LogP contribution is 2.27. The van der Waals surface area contributed by atoms with E-state index < -0.39 is 16.0 Å². The minimum Gasteiger partial charge on any atom is -0.478 e. The minimum absolute atomic E-state index is 0.0929. The normalized spacial score (nSPS) is 15.2. The maximum Gasteiger partial charge on any atom is 0.336 e. The Morgan fingerprint density at radius 3 is 2.35 bits per heavy atom. The second-order valence-electron chi connectivity index (χ2n) is 7.77. The standard InChI is InChI=1S/C22H24N4O4S/c1-15-3-6-17(7-4-15)31(29,30)24-16-5-8-20-18(13-16)19(22(27)28)14-21(23-20)26-11-9-25(2)10-12-26/h3-8,13-14,24H,9-12H2,1-2H3,(H,27,28). The summed E-state index contributed by atoms with van der Waals surface area (Å²) in [7, 11) is -1.74. The molecule has 0 spiro atoms. The molecule has 0 atom stereocenters. The average Bonchev–Trinajstić information content (AvgIpc) is 2.73. The van der Waals surface area contributed by atoms with Gasteiger partial charge in [-0.25, -0.2) is 18.2 Å². The fourth-order valence-electron chi connectivity index (χ4n) is 3.58. The van der Waals surface area contributed by atoms with E-state index in [0.29, 0.717) is 16.7 Å². The van der Waals surface area contributed by atoms with Crippen molar-refractivity contribution in [2.24, 2.45) is 0 Å². The molecule has 0 amide bonds. The summed E-state index contributed by atoms with van der Waals surface area (Å²) in [5, 5.41) is 10.2. The number of carboxylic acids is 1. The molecule has 0 radical (unpaired) electrons. The minimum atomic E-state index is -3.79. The van der Waals surface area contributed by atoms with Crippen molar-refractivity contribution in [3.05, 3.63) is 59.7 Å². The van der Waals surface area contributed by atoms with Crippen LogP contribution in [-0.2, 0) is 10.0 Å². The number of nitrogens with one attached hydrogen (secondary N) is 1. The fourth-order valence-corrected chi connectivity index (χ4v) is 4.63. The molecule has 2 aromatic carbocycles. The van der Waals surface area contributed by atoms with Gasteiger partial charge in [0.25, 0.3) is 10.0 Å². The summed E-state index contributed by atoms with van der Waals surface area (Å²) in [5.74, 6) is -0.465. The third-order valence-electron chi connectivity index (χ3n) is 5.44. The van der Waals surface area contributed by atoms with Crippen molar-refractivity contribution in [3.8, 4) is 0 Å². The number of carbonyl (C=O) groups is 1. The third kappa shape index (κ3) is 4.47. The fraction of sp³-hybridized carbons (Fsp3) is 0.273. The van der Waals surface area contributed by atoms with Crippen molar-refractivity contribution in [1.29, 1.82) is 0 Å². The van der Waals surface area contributed by atoms with E-state index in [2.05, 4.69) is 19.5 Å². The predicted octanol–water partition coefficient (Wildman–Crippen LogP) is 2.79. The molecule has 3 aromatic rings. The van der Waals surface area contributed by atoms with Crippen LogP contribution in [0.2, 0.25) is 0 Å². The summed E-state index contributed by atoms with van der Waals surface area (Å²) in [6, 6.07) is 12.8. The van der Waals surface area contributed by atoms with E-state index in [1.807, 2.05) is 14.0 Å². The summed E-state index contributed by atoms with van der Waals surface area (Å²) < 4.78 is 27.9. The van der Waals surface area contributed by atoms with Crippen LogP contribution in [0.3, 0.4) is 0 Å². The van der Waals surface area contributed by atoms with Gasteiger partial charge in [0.2, 0.25) is 0 Å². The van der Waals surface area contributed by atoms with E-state index in [4.69, 9.17) is 0 Å². The molecule has 1 aliphatic rings. The van der Waals surface area contributed by atoms with Crippen LogP contribution < -0.4 is 9.62 Å². The Kier molecular flexibility index (Phi) is 5.55. The number of anilines is 2. The van der Waals surface area contributed by atoms with Gasteiger partial charge >= 0.3 is 5.97 Å². The van der Waals surface area contributed by atoms with Gasteiger partial charge in [0.15, 0.2) is 0 Å². The zero-order chi connectivity index (χ0) is 22.2. The first kappa shape index (κ1) is 21.1. The molecule has 1 fully saturated rings. The number of fused-ring (bicyclic) bond motifs is 1. The molecule has 0 aliphatic carbocycles. The van der Waals surface area contributed by atoms with Gasteiger partial charge in [-0.1, -0.05) is 17.7 Å². The number of aromatic carboxylic acids is 1. The molecule has 0 bridgehead atoms. The van der Waals surface area contributed by atoms with E-state index in [9.17, 15) is 18.3 Å². The Morgan fingerprint density at radius 1 is 1.03 bits per heavy atom. The molecular formula is C22H24N4O4S. The highest BCUT2D eigenvalue weighted by molar-refractivity contribution is 7.92. The summed E-state index contributed by atoms with van der Waals surface area (Å²) in [4.78, 5) is 21.0. The van der Waals surface area contributed by atoms with Crippen LogP contribution in [-0.4, -0.2) is 62.6 Å². The highest BCUT2D eigenvalue weighted by Gasteiger charge is 2.20. The molecule has 2 heterocycles. The predicted molar refractivity (Wildman–Crippen MR) is 120 cm³/mol. The number of piperazine rings is 1. The van der Waals surface area contributed by atoms with Gasteiger partial charge in [0.1, 0.15) is 5.82 Å². The zero-order valence-electron chi connectivity index (χ0n) is 17.4. The molecule has 1 saturated heterocycles. The molecule has 9 heteroatoms. The summed E-state index contributed by atoms with van der Waals surface area (Å²) >= 11 is 0. The highest BCUT2D eigenvalue weighted by atomic mass is 32.2. The molecule has 31 heavy (non-hydrogen) atoms. The van der Waals surface area contributed by atoms with Gasteiger partial charge in [-0.15, -0.1) is 0 Å². The maximum absolute atomic E-state index is 12.7. The number of nitrogens with zero attached hydrogens (tertiary/aromatic N) is 3. The molecule has 4 rings (SSSR count). The van der Waals surface area contributed by atoms with Crippen molar-refractivity contribution in [2.45, 2.75) is 11.8 Å². The maximum atomic E-state index is 12.7. The number of likely N-dealkylation sites (N-methyl/N-ethyl adjacent to an activating group) is 1. The monoisotopic (exact) mass is 440 g/mol. The lowest BCUT2D eigenvalue weighted by Crippen LogP contribution is -2.44. The summed E-state index contributed by atoms with van der Waals surface area (Å²) in [6.07, 6.45) is 0. The van der Waals surface area contributed by atoms with Crippen molar-refractivity contribution >= 4 is 38.4 Å². The third-order valence-corrected chi connectivity index (χ3v) is 6.83. The van der Waals surface area contributed by atoms with Crippen molar-refractivity contribution < 1.29 is 18.3 Å². The number of hydrogen-bond donors (Lipinski definition) is 2. The van der Waals surface area contributed by atoms with Crippen LogP contribution >= 0.6 is 0 Å². The zero-order valence-corrected chi connectivity index (χ0v) is 18.2. The Labute approximate surface area is 181 Å². The first-order valence-corrected chi connectivity index (χ1v) is 11.4. The van der Waals surface area contributed by atoms with Gasteiger partial charge < -0.3 is 14.9 Å². The summed E-state index contributed by atoms with van der Waals surface area (Å²) in [5.41, 5.74) is 1.84. The second kappa shape index (κ2) is 8.16. The Hall–Kier alpha value is -3.17. The Balaban J connectivity index is 1.70.